The molecule has 10 amide bonds. The van der Waals surface area contributed by atoms with Crippen molar-refractivity contribution in [3.63, 3.8) is 0 Å². The van der Waals surface area contributed by atoms with Crippen LogP contribution in [0.2, 0.25) is 20.1 Å². The van der Waals surface area contributed by atoms with Gasteiger partial charge in [-0.15, -0.1) is 0 Å². The van der Waals surface area contributed by atoms with Crippen LogP contribution in [-0.4, -0.2) is 194 Å². The van der Waals surface area contributed by atoms with E-state index in [1.807, 2.05) is 4.90 Å². The van der Waals surface area contributed by atoms with Crippen LogP contribution in [0.3, 0.4) is 0 Å². The summed E-state index contributed by atoms with van der Waals surface area (Å²) < 4.78 is 84.1. The highest BCUT2D eigenvalue weighted by Crippen LogP contribution is 2.52. The van der Waals surface area contributed by atoms with Gasteiger partial charge in [0.05, 0.1) is 81.0 Å². The zero-order valence-corrected chi connectivity index (χ0v) is 75.9. The van der Waals surface area contributed by atoms with Crippen LogP contribution in [0.1, 0.15) is 230 Å². The fourth-order valence-electron chi connectivity index (χ4n) is 21.1. The molecular weight excluding hydrogens is 1820 g/mol. The van der Waals surface area contributed by atoms with Crippen LogP contribution in [0, 0.1) is 50.7 Å². The number of hydrogen-bond acceptors (Lipinski definition) is 16. The number of likely N-dealkylation sites (tertiary alicyclic amines) is 1. The van der Waals surface area contributed by atoms with Crippen LogP contribution in [-0.2, 0) is 19.2 Å². The van der Waals surface area contributed by atoms with Gasteiger partial charge >= 0.3 is 0 Å². The normalized spacial score (nSPS) is 24.2. The second-order valence-corrected chi connectivity index (χ2v) is 38.2. The summed E-state index contributed by atoms with van der Waals surface area (Å²) in [6, 6.07) is 19.4. The van der Waals surface area contributed by atoms with Crippen molar-refractivity contribution in [1.82, 2.24) is 74.9 Å². The van der Waals surface area contributed by atoms with Gasteiger partial charge in [-0.2, -0.15) is 10.2 Å². The Morgan fingerprint density at radius 1 is 0.455 bits per heavy atom. The molecule has 4 spiro atoms. The number of alkyl halides is 1. The van der Waals surface area contributed by atoms with Crippen molar-refractivity contribution >= 4 is 140 Å². The van der Waals surface area contributed by atoms with E-state index in [9.17, 15) is 74.3 Å². The van der Waals surface area contributed by atoms with Gasteiger partial charge in [-0.3, -0.25) is 47.9 Å². The number of nitrogens with one attached hydrogen (secondary N) is 5. The summed E-state index contributed by atoms with van der Waals surface area (Å²) in [6.45, 7) is 2.08. The van der Waals surface area contributed by atoms with Crippen molar-refractivity contribution in [2.45, 2.75) is 203 Å². The third-order valence-electron chi connectivity index (χ3n) is 28.5. The van der Waals surface area contributed by atoms with Gasteiger partial charge in [0, 0.05) is 103 Å². The molecule has 0 radical (unpaired) electrons. The third-order valence-corrected chi connectivity index (χ3v) is 29.7. The van der Waals surface area contributed by atoms with Crippen LogP contribution in [0.15, 0.2) is 129 Å². The Hall–Kier alpha value is -12.0. The first-order valence-electron chi connectivity index (χ1n) is 45.3. The number of nitrogens with two attached hydrogens (primary N) is 1. The average molecular weight is 1920 g/mol. The Balaban J connectivity index is 0.000000124. The van der Waals surface area contributed by atoms with E-state index in [2.05, 4.69) is 56.1 Å². The lowest BCUT2D eigenvalue weighted by molar-refractivity contribution is -0.133. The molecule has 20 rings (SSSR count). The summed E-state index contributed by atoms with van der Waals surface area (Å²) in [5.41, 5.74) is 7.17. The molecule has 5 saturated carbocycles. The number of piperidine rings is 4. The summed E-state index contributed by atoms with van der Waals surface area (Å²) in [5.74, 6) is -5.85. The number of fused-ring (bicyclic) bond motifs is 2. The number of aromatic nitrogens is 10. The first-order valence-corrected chi connectivity index (χ1v) is 46.8. The molecular formula is C94H98Cl4F6N20O10. The Morgan fingerprint density at radius 3 is 1.36 bits per heavy atom. The van der Waals surface area contributed by atoms with Gasteiger partial charge < -0.3 is 61.1 Å². The lowest BCUT2D eigenvalue weighted by atomic mass is 9.67. The number of carbonyl (C=O) groups excluding carboxylic acids is 10. The molecule has 40 heteroatoms. The number of benzene rings is 4. The van der Waals surface area contributed by atoms with Crippen LogP contribution in [0.25, 0.3) is 11.3 Å². The number of nitrogens with zero attached hydrogens (tertiary/aromatic N) is 14. The Labute approximate surface area is 785 Å². The Morgan fingerprint density at radius 2 is 0.888 bits per heavy atom. The van der Waals surface area contributed by atoms with E-state index in [1.165, 1.54) is 81.8 Å². The highest BCUT2D eigenvalue weighted by molar-refractivity contribution is 6.35. The second-order valence-electron chi connectivity index (χ2n) is 36.6. The molecule has 7 N–H and O–H groups in total. The number of anilines is 4. The van der Waals surface area contributed by atoms with E-state index >= 15 is 0 Å². The lowest BCUT2D eigenvalue weighted by Gasteiger charge is -2.47. The molecule has 5 aliphatic carbocycles. The maximum absolute atomic E-state index is 13.9. The largest absolute Gasteiger partial charge is 0.364 e. The minimum atomic E-state index is -1.06. The molecule has 4 aromatic carbocycles. The van der Waals surface area contributed by atoms with Gasteiger partial charge in [0.15, 0.2) is 34.3 Å². The molecule has 6 aromatic heterocycles. The number of H-pyrrole nitrogens is 2. The summed E-state index contributed by atoms with van der Waals surface area (Å²) in [5, 5.41) is 18.2. The molecule has 0 unspecified atom stereocenters. The summed E-state index contributed by atoms with van der Waals surface area (Å²) in [7, 11) is 0. The minimum Gasteiger partial charge on any atom is -0.364 e. The van der Waals surface area contributed by atoms with Crippen LogP contribution >= 0.6 is 46.4 Å². The van der Waals surface area contributed by atoms with Gasteiger partial charge in [-0.1, -0.05) is 46.4 Å². The molecule has 30 nitrogen and oxygen atoms in total. The average Bonchev–Trinajstić information content (AvgIpc) is 1.08. The number of imidazole rings is 3. The predicted octanol–water partition coefficient (Wildman–Crippen LogP) is 15.3. The molecule has 704 valence electrons. The van der Waals surface area contributed by atoms with Crippen LogP contribution in [0.5, 0.6) is 0 Å². The SMILES string of the molecule is NC(=O)c1[nH]cnc1C(=O)N(C1CC1)[C@H]1CC[C@]2(CCCN(c3cc(F)c(F)cc3Cl)C2=O)CC1.O=C(N[C@H]1CC[C@@]2(CCCN(c3ccc(F)cc3Cl)C2=O)CC1)c1cnc2cccnn12.O=C(N[C@H]1CC[C@@]2(CCCN(c3ccc(F)cc3Cl)C2=O)CC1)c1cnn2cccnc12.O=C(N[C@H]1CC[C@]2(CCCN(c3ccc(F)cc3Cl)C2=O)CC1)c1[nH]cnc1C(=O)N1CC(F)C1. The van der Waals surface area contributed by atoms with Crippen LogP contribution in [0.4, 0.5) is 49.1 Å². The van der Waals surface area contributed by atoms with Crippen molar-refractivity contribution in [2.75, 3.05) is 58.9 Å². The fraction of sp³-hybridized carbons (Fsp3) is 0.447. The molecule has 0 bridgehead atoms. The Bertz CT molecular complexity index is 6010. The van der Waals surface area contributed by atoms with Gasteiger partial charge in [0.2, 0.25) is 23.6 Å². The Kier molecular flexibility index (Phi) is 27.4. The number of amides is 10. The quantitative estimate of drug-likeness (QED) is 0.0410. The van der Waals surface area contributed by atoms with E-state index in [-0.39, 0.29) is 133 Å². The van der Waals surface area contributed by atoms with E-state index in [0.29, 0.717) is 169 Å². The molecule has 0 atom stereocenters. The zero-order valence-electron chi connectivity index (χ0n) is 72.9. The van der Waals surface area contributed by atoms with Gasteiger partial charge in [0.25, 0.3) is 35.4 Å². The molecule has 5 aliphatic heterocycles. The van der Waals surface area contributed by atoms with Crippen molar-refractivity contribution in [3.05, 3.63) is 212 Å². The highest BCUT2D eigenvalue weighted by atomic mass is 35.5. The number of halogens is 10. The number of hydrogen-bond donors (Lipinski definition) is 6. The van der Waals surface area contributed by atoms with Crippen LogP contribution < -0.4 is 41.3 Å². The van der Waals surface area contributed by atoms with E-state index in [4.69, 9.17) is 52.1 Å². The van der Waals surface area contributed by atoms with Gasteiger partial charge in [0.1, 0.15) is 46.3 Å². The summed E-state index contributed by atoms with van der Waals surface area (Å²) in [4.78, 5) is 162. The molecule has 5 saturated heterocycles. The second kappa shape index (κ2) is 39.1. The topological polar surface area (TPSA) is 370 Å². The number of aromatic amines is 2. The summed E-state index contributed by atoms with van der Waals surface area (Å²) in [6.07, 6.45) is 28.1. The van der Waals surface area contributed by atoms with E-state index in [1.54, 1.807) is 68.1 Å². The third kappa shape index (κ3) is 19.1. The molecule has 11 heterocycles. The van der Waals surface area contributed by atoms with Gasteiger partial charge in [-0.05, 0) is 246 Å². The lowest BCUT2D eigenvalue weighted by Crippen LogP contribution is -2.53. The fourth-order valence-corrected chi connectivity index (χ4v) is 22.2. The van der Waals surface area contributed by atoms with Gasteiger partial charge in [-0.25, -0.2) is 55.3 Å². The zero-order chi connectivity index (χ0) is 94.2. The standard InChI is InChI=1S/2C24H26ClF2N5O3.2C23H23ClFN5O2/c25-17-10-14(26)2-3-18(17)32-9-1-6-24(23(32)35)7-4-16(5-8-24)30-21(33)19-20(29-13-28-19)22(34)31-11-15(27)12-31;25-15-10-16(26)17(27)11-18(15)31-9-1-6-24(23(31)35)7-4-14(5-8-24)32(13-2-3-13)22(34)20-19(21(28)33)29-12-30-20;24-18-13-15(25)3-4-19(18)29-11-1-7-23(22(29)32)8-5-16(6-9-23)28-21(31)17-14-27-30-12-2-10-26-20(17)30;24-17-13-15(25)4-5-18(17)29-12-2-8-23(22(29)32)9-6-16(7-10-23)28-21(31)19-14-26-20-3-1-11-27-30(19)20/h2-3,10,13,15-16H,1,4-9,11-12H2,(H,28,29)(H,30,33);10-14H,1-9H2,(H2,28,33)(H,29,30);2-4,10,12-14,16H,1,5-9,11H2,(H,28,31);1,3-5,11,13-14,16H,2,6-10,12H2,(H,28,31)/t16-,24+;14-,24+;2*16-,23-. The first-order chi connectivity index (χ1) is 64.4. The number of rotatable bonds is 15. The number of primary amides is 1. The predicted molar refractivity (Wildman–Crippen MR) is 485 cm³/mol. The van der Waals surface area contributed by atoms with Crippen molar-refractivity contribution in [3.8, 4) is 0 Å². The first kappa shape index (κ1) is 93.8. The van der Waals surface area contributed by atoms with Crippen molar-refractivity contribution in [2.24, 2.45) is 27.4 Å². The highest BCUT2D eigenvalue weighted by Gasteiger charge is 2.53. The monoisotopic (exact) mass is 1920 g/mol. The van der Waals surface area contributed by atoms with Crippen molar-refractivity contribution in [1.29, 1.82) is 0 Å². The van der Waals surface area contributed by atoms with E-state index in [0.717, 1.165) is 76.3 Å². The summed E-state index contributed by atoms with van der Waals surface area (Å²) >= 11 is 24.9. The minimum absolute atomic E-state index is 0.00208. The molecule has 10 aromatic rings. The molecule has 10 fully saturated rings. The maximum Gasteiger partial charge on any atom is 0.275 e. The molecule has 10 aliphatic rings. The maximum atomic E-state index is 13.9. The molecule has 134 heavy (non-hydrogen) atoms. The number of carbonyl (C=O) groups is 10. The van der Waals surface area contributed by atoms with E-state index < -0.39 is 74.6 Å². The smallest absolute Gasteiger partial charge is 0.275 e. The van der Waals surface area contributed by atoms with Crippen molar-refractivity contribution < 1.29 is 74.3 Å².